The summed E-state index contributed by atoms with van der Waals surface area (Å²) in [6.45, 7) is 1.90. The van der Waals surface area contributed by atoms with Crippen LogP contribution in [0.2, 0.25) is 0 Å². The average Bonchev–Trinajstić information content (AvgIpc) is 3.44. The van der Waals surface area contributed by atoms with Crippen LogP contribution in [-0.2, 0) is 4.79 Å². The first-order valence-electron chi connectivity index (χ1n) is 10.9. The zero-order valence-corrected chi connectivity index (χ0v) is 19.1. The quantitative estimate of drug-likeness (QED) is 0.399. The maximum absolute atomic E-state index is 13.4. The van der Waals surface area contributed by atoms with Gasteiger partial charge in [0, 0.05) is 23.3 Å². The van der Waals surface area contributed by atoms with Gasteiger partial charge in [-0.05, 0) is 31.2 Å². The Balaban J connectivity index is 1.30. The second-order valence-electron chi connectivity index (χ2n) is 8.24. The Morgan fingerprint density at radius 1 is 1.09 bits per heavy atom. The molecule has 0 bridgehead atoms. The van der Waals surface area contributed by atoms with E-state index in [1.165, 1.54) is 11.8 Å². The number of rotatable bonds is 4. The van der Waals surface area contributed by atoms with E-state index in [0.717, 1.165) is 28.0 Å². The summed E-state index contributed by atoms with van der Waals surface area (Å²) in [7, 11) is 0. The Morgan fingerprint density at radius 3 is 2.74 bits per heavy atom. The minimum atomic E-state index is -0.279. The van der Waals surface area contributed by atoms with Crippen LogP contribution in [0.3, 0.4) is 0 Å². The van der Waals surface area contributed by atoms with Crippen molar-refractivity contribution in [2.75, 3.05) is 11.1 Å². The molecule has 1 aliphatic heterocycles. The van der Waals surface area contributed by atoms with Crippen LogP contribution < -0.4 is 10.9 Å². The smallest absolute Gasteiger partial charge is 0.265 e. The first kappa shape index (κ1) is 20.6. The number of hydrogen-bond donors (Lipinski definition) is 1. The number of para-hydroxylation sites is 2. The molecule has 6 rings (SSSR count). The summed E-state index contributed by atoms with van der Waals surface area (Å²) in [6.07, 6.45) is 1.73. The molecule has 1 amide bonds. The van der Waals surface area contributed by atoms with Gasteiger partial charge in [-0.3, -0.25) is 19.1 Å². The fraction of sp³-hybridized carbons (Fsp3) is 0.160. The zero-order valence-electron chi connectivity index (χ0n) is 18.3. The van der Waals surface area contributed by atoms with Crippen molar-refractivity contribution in [2.45, 2.75) is 24.5 Å². The molecule has 0 saturated carbocycles. The summed E-state index contributed by atoms with van der Waals surface area (Å²) in [4.78, 5) is 35.6. The van der Waals surface area contributed by atoms with Crippen molar-refractivity contribution in [2.24, 2.45) is 0 Å². The number of nitrogens with one attached hydrogen (secondary N) is 1. The lowest BCUT2D eigenvalue weighted by atomic mass is 10.1. The van der Waals surface area contributed by atoms with Crippen LogP contribution >= 0.6 is 11.8 Å². The summed E-state index contributed by atoms with van der Waals surface area (Å²) in [5.74, 6) is 0.457. The minimum absolute atomic E-state index is 0.152. The second kappa shape index (κ2) is 8.11. The van der Waals surface area contributed by atoms with Gasteiger partial charge >= 0.3 is 0 Å². The van der Waals surface area contributed by atoms with E-state index in [2.05, 4.69) is 15.4 Å². The van der Waals surface area contributed by atoms with Crippen LogP contribution in [0.15, 0.2) is 76.8 Å². The van der Waals surface area contributed by atoms with E-state index >= 15 is 0 Å². The molecule has 5 aromatic rings. The number of thioether (sulfide) groups is 1. The fourth-order valence-corrected chi connectivity index (χ4v) is 5.50. The van der Waals surface area contributed by atoms with E-state index in [1.807, 2.05) is 67.6 Å². The third kappa shape index (κ3) is 3.45. The molecular weight excluding hydrogens is 448 g/mol. The highest BCUT2D eigenvalue weighted by molar-refractivity contribution is 7.99. The highest BCUT2D eigenvalue weighted by Crippen LogP contribution is 2.34. The van der Waals surface area contributed by atoms with Gasteiger partial charge in [-0.25, -0.2) is 9.67 Å². The van der Waals surface area contributed by atoms with Crippen molar-refractivity contribution in [3.05, 3.63) is 82.9 Å². The number of anilines is 1. The van der Waals surface area contributed by atoms with Gasteiger partial charge in [0.25, 0.3) is 5.56 Å². The molecule has 1 atom stereocenters. The summed E-state index contributed by atoms with van der Waals surface area (Å²) in [5.41, 5.74) is 3.58. The SMILES string of the molecule is Cc1cc(NC(=O)CC2CSc3nc4c(cnn4-c4ccccc4)c(=O)n32)c2ccccc2n1. The Kier molecular flexibility index (Phi) is 4.91. The molecule has 4 heterocycles. The Morgan fingerprint density at radius 2 is 1.88 bits per heavy atom. The zero-order chi connectivity index (χ0) is 23.2. The molecular formula is C25H20N6O2S. The van der Waals surface area contributed by atoms with E-state index in [4.69, 9.17) is 4.98 Å². The van der Waals surface area contributed by atoms with Crippen molar-refractivity contribution in [1.29, 1.82) is 0 Å². The van der Waals surface area contributed by atoms with Gasteiger partial charge in [0.2, 0.25) is 5.91 Å². The first-order chi connectivity index (χ1) is 16.6. The number of carbonyl (C=O) groups is 1. The van der Waals surface area contributed by atoms with Gasteiger partial charge in [0.1, 0.15) is 5.39 Å². The van der Waals surface area contributed by atoms with Gasteiger partial charge in [-0.1, -0.05) is 48.2 Å². The summed E-state index contributed by atoms with van der Waals surface area (Å²) >= 11 is 1.49. The van der Waals surface area contributed by atoms with Crippen LogP contribution in [-0.4, -0.2) is 36.0 Å². The number of amides is 1. The molecule has 0 radical (unpaired) electrons. The number of aromatic nitrogens is 5. The largest absolute Gasteiger partial charge is 0.325 e. The lowest BCUT2D eigenvalue weighted by Gasteiger charge is -2.14. The first-order valence-corrected chi connectivity index (χ1v) is 11.9. The number of nitrogens with zero attached hydrogens (tertiary/aromatic N) is 5. The number of carbonyl (C=O) groups excluding carboxylic acids is 1. The summed E-state index contributed by atoms with van der Waals surface area (Å²) in [5, 5.41) is 9.35. The predicted molar refractivity (Wildman–Crippen MR) is 133 cm³/mol. The van der Waals surface area contributed by atoms with Crippen molar-refractivity contribution in [3.8, 4) is 5.69 Å². The third-order valence-electron chi connectivity index (χ3n) is 5.91. The van der Waals surface area contributed by atoms with Crippen molar-refractivity contribution < 1.29 is 4.79 Å². The molecule has 2 aromatic carbocycles. The van der Waals surface area contributed by atoms with E-state index in [-0.39, 0.29) is 23.9 Å². The Bertz CT molecular complexity index is 1630. The summed E-state index contributed by atoms with van der Waals surface area (Å²) < 4.78 is 3.31. The van der Waals surface area contributed by atoms with Gasteiger partial charge in [-0.15, -0.1) is 0 Å². The monoisotopic (exact) mass is 468 g/mol. The Labute approximate surface area is 198 Å². The van der Waals surface area contributed by atoms with E-state index < -0.39 is 0 Å². The Hall–Kier alpha value is -3.98. The van der Waals surface area contributed by atoms with Gasteiger partial charge < -0.3 is 5.32 Å². The average molecular weight is 469 g/mol. The third-order valence-corrected chi connectivity index (χ3v) is 7.01. The highest BCUT2D eigenvalue weighted by Gasteiger charge is 2.29. The van der Waals surface area contributed by atoms with E-state index in [0.29, 0.717) is 21.9 Å². The fourth-order valence-electron chi connectivity index (χ4n) is 4.37. The molecule has 34 heavy (non-hydrogen) atoms. The number of hydrogen-bond acceptors (Lipinski definition) is 6. The molecule has 168 valence electrons. The number of fused-ring (bicyclic) bond motifs is 3. The van der Waals surface area contributed by atoms with E-state index in [1.54, 1.807) is 15.4 Å². The molecule has 9 heteroatoms. The van der Waals surface area contributed by atoms with Crippen molar-refractivity contribution in [3.63, 3.8) is 0 Å². The molecule has 0 saturated heterocycles. The molecule has 0 fully saturated rings. The predicted octanol–water partition coefficient (Wildman–Crippen LogP) is 4.11. The van der Waals surface area contributed by atoms with Crippen molar-refractivity contribution >= 4 is 45.3 Å². The van der Waals surface area contributed by atoms with Gasteiger partial charge in [0.15, 0.2) is 10.8 Å². The lowest BCUT2D eigenvalue weighted by Crippen LogP contribution is -2.27. The second-order valence-corrected chi connectivity index (χ2v) is 9.23. The topological polar surface area (TPSA) is 94.7 Å². The molecule has 8 nitrogen and oxygen atoms in total. The van der Waals surface area contributed by atoms with E-state index in [9.17, 15) is 9.59 Å². The lowest BCUT2D eigenvalue weighted by molar-refractivity contribution is -0.116. The summed E-state index contributed by atoms with van der Waals surface area (Å²) in [6, 6.07) is 18.9. The van der Waals surface area contributed by atoms with Crippen LogP contribution in [0.1, 0.15) is 18.2 Å². The number of benzene rings is 2. The maximum Gasteiger partial charge on any atom is 0.265 e. The standard InChI is InChI=1S/C25H20N6O2S/c1-15-11-21(18-9-5-6-10-20(18)27-15)28-22(32)12-17-14-34-25-29-23-19(24(33)30(17)25)13-26-31(23)16-7-3-2-4-8-16/h2-11,13,17H,12,14H2,1H3,(H,27,28,32). The molecule has 3 aromatic heterocycles. The number of pyridine rings is 1. The molecule has 1 aliphatic rings. The normalized spacial score (nSPS) is 15.0. The minimum Gasteiger partial charge on any atom is -0.325 e. The van der Waals surface area contributed by atoms with Crippen molar-refractivity contribution in [1.82, 2.24) is 24.3 Å². The molecule has 0 aliphatic carbocycles. The van der Waals surface area contributed by atoms with Crippen LogP contribution in [0.4, 0.5) is 5.69 Å². The number of aryl methyl sites for hydroxylation is 1. The highest BCUT2D eigenvalue weighted by atomic mass is 32.2. The maximum atomic E-state index is 13.4. The molecule has 1 unspecified atom stereocenters. The van der Waals surface area contributed by atoms with Crippen LogP contribution in [0.25, 0.3) is 27.6 Å². The van der Waals surface area contributed by atoms with Crippen LogP contribution in [0, 0.1) is 6.92 Å². The van der Waals surface area contributed by atoms with Gasteiger partial charge in [-0.2, -0.15) is 5.10 Å². The molecule has 0 spiro atoms. The van der Waals surface area contributed by atoms with Crippen LogP contribution in [0.5, 0.6) is 0 Å². The van der Waals surface area contributed by atoms with Gasteiger partial charge in [0.05, 0.1) is 29.1 Å². The molecule has 1 N–H and O–H groups in total.